The monoisotopic (exact) mass is 675 g/mol. The van der Waals surface area contributed by atoms with Crippen molar-refractivity contribution >= 4 is 29.1 Å². The molecule has 248 valence electrons. The molecule has 2 aliphatic rings. The minimum Gasteiger partial charge on any atom is -0.473 e. The molecule has 0 aliphatic carbocycles. The highest BCUT2D eigenvalue weighted by molar-refractivity contribution is 7.99. The number of anilines is 2. The molecule has 46 heavy (non-hydrogen) atoms. The summed E-state index contributed by atoms with van der Waals surface area (Å²) in [6.07, 6.45) is -5.38. The van der Waals surface area contributed by atoms with Crippen molar-refractivity contribution in [2.75, 3.05) is 57.3 Å². The van der Waals surface area contributed by atoms with E-state index in [0.29, 0.717) is 51.4 Å². The van der Waals surface area contributed by atoms with Crippen molar-refractivity contribution in [1.29, 1.82) is 0 Å². The molecule has 15 heteroatoms. The van der Waals surface area contributed by atoms with Crippen LogP contribution in [-0.4, -0.2) is 74.3 Å². The first-order valence-electron chi connectivity index (χ1n) is 14.4. The topological polar surface area (TPSA) is 45.3 Å². The number of ether oxygens (including phenoxy) is 2. The van der Waals surface area contributed by atoms with Gasteiger partial charge >= 0.3 is 12.1 Å². The Morgan fingerprint density at radius 3 is 2.04 bits per heavy atom. The van der Waals surface area contributed by atoms with E-state index in [0.717, 1.165) is 35.0 Å². The molecule has 1 atom stereocenters. The van der Waals surface area contributed by atoms with E-state index in [4.69, 9.17) is 9.47 Å². The lowest BCUT2D eigenvalue weighted by atomic mass is 10.1. The van der Waals surface area contributed by atoms with E-state index in [9.17, 15) is 39.9 Å². The Labute approximate surface area is 263 Å². The van der Waals surface area contributed by atoms with Gasteiger partial charge in [-0.1, -0.05) is 23.9 Å². The lowest BCUT2D eigenvalue weighted by Crippen LogP contribution is -2.48. The number of nitrogens with zero attached hydrogens (tertiary/aromatic N) is 3. The zero-order valence-electron chi connectivity index (χ0n) is 24.5. The summed E-state index contributed by atoms with van der Waals surface area (Å²) in [5.74, 6) is -13.7. The summed E-state index contributed by atoms with van der Waals surface area (Å²) in [6, 6.07) is 11.4. The Kier molecular flexibility index (Phi) is 10.3. The fourth-order valence-electron chi connectivity index (χ4n) is 5.24. The van der Waals surface area contributed by atoms with Gasteiger partial charge in [-0.05, 0) is 50.2 Å². The maximum atomic E-state index is 13.8. The summed E-state index contributed by atoms with van der Waals surface area (Å²) in [5, 5.41) is 0. The van der Waals surface area contributed by atoms with Gasteiger partial charge in [0.15, 0.2) is 11.9 Å². The van der Waals surface area contributed by atoms with Crippen LogP contribution in [0.3, 0.4) is 0 Å². The van der Waals surface area contributed by atoms with Crippen molar-refractivity contribution in [3.63, 3.8) is 0 Å². The second-order valence-corrected chi connectivity index (χ2v) is 11.8. The highest BCUT2D eigenvalue weighted by Gasteiger charge is 2.34. The van der Waals surface area contributed by atoms with Crippen molar-refractivity contribution in [3.8, 4) is 5.75 Å². The molecule has 1 fully saturated rings. The van der Waals surface area contributed by atoms with Crippen LogP contribution in [0.4, 0.5) is 46.5 Å². The molecule has 5 rings (SSSR count). The standard InChI is InChI=1S/C31H29F8N3O3S/c1-18(45-29-27(35)25(33)24(32)26(34)28(29)36)30(43)44-16-15-41-13-11-40(12-14-41)9-4-10-42-20-5-2-3-6-22(20)46-23-8-7-19(17-21(23)42)31(37,38)39/h2-3,5-8,17-18H,4,9-16H2,1H3. The molecule has 1 unspecified atom stereocenters. The van der Waals surface area contributed by atoms with E-state index in [-0.39, 0.29) is 6.61 Å². The summed E-state index contributed by atoms with van der Waals surface area (Å²) < 4.78 is 118. The second-order valence-electron chi connectivity index (χ2n) is 10.8. The van der Waals surface area contributed by atoms with Gasteiger partial charge in [-0.3, -0.25) is 4.90 Å². The average molecular weight is 676 g/mol. The van der Waals surface area contributed by atoms with E-state index < -0.39 is 58.6 Å². The van der Waals surface area contributed by atoms with Gasteiger partial charge in [0.2, 0.25) is 29.1 Å². The third kappa shape index (κ3) is 7.36. The van der Waals surface area contributed by atoms with Gasteiger partial charge in [0.1, 0.15) is 6.61 Å². The van der Waals surface area contributed by atoms with Crippen LogP contribution in [0.15, 0.2) is 52.3 Å². The number of para-hydroxylation sites is 1. The third-order valence-corrected chi connectivity index (χ3v) is 8.85. The minimum absolute atomic E-state index is 0.0880. The first kappa shape index (κ1) is 33.8. The second kappa shape index (κ2) is 14.1. The van der Waals surface area contributed by atoms with Crippen molar-refractivity contribution < 1.29 is 49.4 Å². The molecule has 0 radical (unpaired) electrons. The predicted molar refractivity (Wildman–Crippen MR) is 154 cm³/mol. The maximum Gasteiger partial charge on any atom is 0.416 e. The largest absolute Gasteiger partial charge is 0.473 e. The Hall–Kier alpha value is -3.56. The molecule has 0 saturated carbocycles. The van der Waals surface area contributed by atoms with Gasteiger partial charge in [-0.15, -0.1) is 0 Å². The third-order valence-electron chi connectivity index (χ3n) is 7.72. The number of hydrogen-bond acceptors (Lipinski definition) is 7. The molecule has 0 N–H and O–H groups in total. The van der Waals surface area contributed by atoms with Crippen LogP contribution in [0.5, 0.6) is 5.75 Å². The van der Waals surface area contributed by atoms with Crippen molar-refractivity contribution in [2.45, 2.75) is 35.4 Å². The fraction of sp³-hybridized carbons (Fsp3) is 0.387. The average Bonchev–Trinajstić information content (AvgIpc) is 3.04. The number of piperazine rings is 1. The molecular formula is C31H29F8N3O3S. The first-order valence-corrected chi connectivity index (χ1v) is 15.2. The van der Waals surface area contributed by atoms with Crippen LogP contribution in [-0.2, 0) is 15.7 Å². The first-order chi connectivity index (χ1) is 21.8. The van der Waals surface area contributed by atoms with Gasteiger partial charge in [0.25, 0.3) is 0 Å². The van der Waals surface area contributed by atoms with Crippen LogP contribution in [0.2, 0.25) is 0 Å². The van der Waals surface area contributed by atoms with Gasteiger partial charge in [-0.2, -0.15) is 22.0 Å². The van der Waals surface area contributed by atoms with Gasteiger partial charge in [0, 0.05) is 49.1 Å². The van der Waals surface area contributed by atoms with E-state index >= 15 is 0 Å². The number of rotatable bonds is 10. The number of carbonyl (C=O) groups excluding carboxylic acids is 1. The van der Waals surface area contributed by atoms with Crippen molar-refractivity contribution in [2.24, 2.45) is 0 Å². The van der Waals surface area contributed by atoms with E-state index in [1.54, 1.807) is 0 Å². The van der Waals surface area contributed by atoms with Gasteiger partial charge in [0.05, 0.1) is 16.9 Å². The van der Waals surface area contributed by atoms with E-state index in [1.807, 2.05) is 34.1 Å². The van der Waals surface area contributed by atoms with E-state index in [1.165, 1.54) is 23.9 Å². The fourth-order valence-corrected chi connectivity index (χ4v) is 6.32. The lowest BCUT2D eigenvalue weighted by molar-refractivity contribution is -0.151. The summed E-state index contributed by atoms with van der Waals surface area (Å²) in [6.45, 7) is 5.26. The number of alkyl halides is 3. The number of carbonyl (C=O) groups is 1. The highest BCUT2D eigenvalue weighted by atomic mass is 32.2. The molecular weight excluding hydrogens is 646 g/mol. The van der Waals surface area contributed by atoms with Crippen LogP contribution < -0.4 is 9.64 Å². The Morgan fingerprint density at radius 2 is 1.39 bits per heavy atom. The summed E-state index contributed by atoms with van der Waals surface area (Å²) >= 11 is 1.45. The molecule has 0 amide bonds. The summed E-state index contributed by atoms with van der Waals surface area (Å²) in [4.78, 5) is 20.2. The molecule has 0 aromatic heterocycles. The highest BCUT2D eigenvalue weighted by Crippen LogP contribution is 2.49. The molecule has 2 aliphatic heterocycles. The normalized spacial score (nSPS) is 16.2. The molecule has 6 nitrogen and oxygen atoms in total. The maximum absolute atomic E-state index is 13.8. The van der Waals surface area contributed by atoms with Gasteiger partial charge < -0.3 is 19.3 Å². The van der Waals surface area contributed by atoms with Crippen LogP contribution in [0.25, 0.3) is 0 Å². The van der Waals surface area contributed by atoms with E-state index in [2.05, 4.69) is 4.90 Å². The number of benzene rings is 3. The molecule has 1 saturated heterocycles. The van der Waals surface area contributed by atoms with Crippen molar-refractivity contribution in [3.05, 3.63) is 77.1 Å². The quantitative estimate of drug-likeness (QED) is 0.0991. The molecule has 0 bridgehead atoms. The minimum atomic E-state index is -4.45. The Morgan fingerprint density at radius 1 is 0.804 bits per heavy atom. The smallest absolute Gasteiger partial charge is 0.416 e. The number of esters is 1. The zero-order chi connectivity index (χ0) is 33.2. The van der Waals surface area contributed by atoms with Crippen LogP contribution in [0, 0.1) is 29.1 Å². The number of halogens is 8. The summed E-state index contributed by atoms with van der Waals surface area (Å²) in [5.41, 5.74) is 0.706. The van der Waals surface area contributed by atoms with Crippen molar-refractivity contribution in [1.82, 2.24) is 9.80 Å². The Balaban J connectivity index is 1.07. The number of hydrogen-bond donors (Lipinski definition) is 0. The van der Waals surface area contributed by atoms with Crippen LogP contribution in [0.1, 0.15) is 18.9 Å². The molecule has 3 aromatic rings. The lowest BCUT2D eigenvalue weighted by Gasteiger charge is -2.36. The number of fused-ring (bicyclic) bond motifs is 2. The predicted octanol–water partition coefficient (Wildman–Crippen LogP) is 7.02. The van der Waals surface area contributed by atoms with Gasteiger partial charge in [-0.25, -0.2) is 18.0 Å². The molecule has 2 heterocycles. The molecule has 3 aromatic carbocycles. The molecule has 0 spiro atoms. The SMILES string of the molecule is CC(Oc1c(F)c(F)c(F)c(F)c1F)C(=O)OCCN1CCN(CCCN2c3ccccc3Sc3ccc(C(F)(F)F)cc32)CC1. The van der Waals surface area contributed by atoms with Crippen LogP contribution >= 0.6 is 11.8 Å². The zero-order valence-corrected chi connectivity index (χ0v) is 25.3. The Bertz CT molecular complexity index is 1550. The summed E-state index contributed by atoms with van der Waals surface area (Å²) in [7, 11) is 0.